The highest BCUT2D eigenvalue weighted by atomic mass is 32.2. The van der Waals surface area contributed by atoms with Crippen molar-refractivity contribution in [3.05, 3.63) is 52.8 Å². The summed E-state index contributed by atoms with van der Waals surface area (Å²) in [7, 11) is 1.98. The molecule has 0 amide bonds. The number of Topliss-reactive ketones (excluding diaryl/α,β-unsaturated/α-hetero) is 1. The second-order valence-electron chi connectivity index (χ2n) is 6.42. The number of aryl methyl sites for hydroxylation is 2. The summed E-state index contributed by atoms with van der Waals surface area (Å²) in [5.41, 5.74) is 5.13. The van der Waals surface area contributed by atoms with Crippen LogP contribution in [0.4, 0.5) is 0 Å². The Morgan fingerprint density at radius 2 is 1.88 bits per heavy atom. The van der Waals surface area contributed by atoms with Crippen LogP contribution in [0.2, 0.25) is 0 Å². The lowest BCUT2D eigenvalue weighted by Gasteiger charge is -2.09. The zero-order valence-electron chi connectivity index (χ0n) is 15.9. The molecule has 3 aromatic rings. The van der Waals surface area contributed by atoms with E-state index in [1.807, 2.05) is 43.7 Å². The minimum atomic E-state index is 0.124. The molecule has 26 heavy (non-hydrogen) atoms. The van der Waals surface area contributed by atoms with E-state index in [0.29, 0.717) is 5.75 Å². The minimum Gasteiger partial charge on any atom is -0.351 e. The normalized spacial score (nSPS) is 11.1. The second-order valence-corrected chi connectivity index (χ2v) is 7.36. The molecule has 0 aliphatic rings. The molecule has 0 aliphatic carbocycles. The lowest BCUT2D eigenvalue weighted by atomic mass is 10.1. The van der Waals surface area contributed by atoms with Gasteiger partial charge in [0.2, 0.25) is 0 Å². The van der Waals surface area contributed by atoms with E-state index >= 15 is 0 Å². The van der Waals surface area contributed by atoms with E-state index in [0.717, 1.165) is 45.6 Å². The SMILES string of the molecule is CCn1c(SCC(=O)c2cc(C)n(C)c2C)nnc1-c1ccccc1C. The predicted molar refractivity (Wildman–Crippen MR) is 106 cm³/mol. The average molecular weight is 369 g/mol. The maximum Gasteiger partial charge on any atom is 0.191 e. The Hall–Kier alpha value is -2.34. The zero-order valence-corrected chi connectivity index (χ0v) is 16.7. The van der Waals surface area contributed by atoms with Crippen molar-refractivity contribution in [2.24, 2.45) is 7.05 Å². The number of carbonyl (C=O) groups is 1. The van der Waals surface area contributed by atoms with Crippen LogP contribution in [0.3, 0.4) is 0 Å². The third kappa shape index (κ3) is 3.33. The third-order valence-corrected chi connectivity index (χ3v) is 5.79. The molecule has 3 rings (SSSR count). The average Bonchev–Trinajstić information content (AvgIpc) is 3.16. The van der Waals surface area contributed by atoms with Crippen LogP contribution in [-0.2, 0) is 13.6 Å². The van der Waals surface area contributed by atoms with Crippen LogP contribution in [0, 0.1) is 20.8 Å². The summed E-state index contributed by atoms with van der Waals surface area (Å²) < 4.78 is 4.12. The van der Waals surface area contributed by atoms with Crippen LogP contribution in [-0.4, -0.2) is 30.9 Å². The fraction of sp³-hybridized carbons (Fsp3) is 0.350. The van der Waals surface area contributed by atoms with E-state index in [2.05, 4.69) is 40.7 Å². The number of hydrogen-bond acceptors (Lipinski definition) is 4. The summed E-state index contributed by atoms with van der Waals surface area (Å²) in [6.45, 7) is 8.90. The van der Waals surface area contributed by atoms with Crippen LogP contribution in [0.25, 0.3) is 11.4 Å². The topological polar surface area (TPSA) is 52.7 Å². The van der Waals surface area contributed by atoms with E-state index in [1.54, 1.807) is 0 Å². The van der Waals surface area contributed by atoms with Crippen molar-refractivity contribution in [1.82, 2.24) is 19.3 Å². The number of ketones is 1. The Labute approximate surface area is 158 Å². The van der Waals surface area contributed by atoms with Crippen molar-refractivity contribution >= 4 is 17.5 Å². The van der Waals surface area contributed by atoms with Crippen molar-refractivity contribution < 1.29 is 4.79 Å². The quantitative estimate of drug-likeness (QED) is 0.483. The van der Waals surface area contributed by atoms with Gasteiger partial charge < -0.3 is 9.13 Å². The van der Waals surface area contributed by atoms with Crippen LogP contribution in [0.5, 0.6) is 0 Å². The fourth-order valence-electron chi connectivity index (χ4n) is 3.05. The van der Waals surface area contributed by atoms with E-state index in [4.69, 9.17) is 0 Å². The molecule has 2 aromatic heterocycles. The highest BCUT2D eigenvalue weighted by molar-refractivity contribution is 7.99. The van der Waals surface area contributed by atoms with Gasteiger partial charge in [0.15, 0.2) is 16.8 Å². The molecular weight excluding hydrogens is 344 g/mol. The van der Waals surface area contributed by atoms with E-state index in [1.165, 1.54) is 11.8 Å². The summed E-state index contributed by atoms with van der Waals surface area (Å²) in [5, 5.41) is 9.50. The van der Waals surface area contributed by atoms with Crippen molar-refractivity contribution in [2.75, 3.05) is 5.75 Å². The van der Waals surface area contributed by atoms with Crippen LogP contribution in [0.1, 0.15) is 34.2 Å². The summed E-state index contributed by atoms with van der Waals surface area (Å²) in [4.78, 5) is 12.6. The first-order chi connectivity index (χ1) is 12.4. The maximum atomic E-state index is 12.6. The Morgan fingerprint density at radius 3 is 2.50 bits per heavy atom. The van der Waals surface area contributed by atoms with Gasteiger partial charge in [0.05, 0.1) is 5.75 Å². The number of benzene rings is 1. The van der Waals surface area contributed by atoms with E-state index < -0.39 is 0 Å². The predicted octanol–water partition coefficient (Wildman–Crippen LogP) is 4.20. The Morgan fingerprint density at radius 1 is 1.15 bits per heavy atom. The molecule has 0 radical (unpaired) electrons. The van der Waals surface area contributed by atoms with Gasteiger partial charge in [-0.05, 0) is 39.3 Å². The molecule has 136 valence electrons. The first-order valence-electron chi connectivity index (χ1n) is 8.72. The number of hydrogen-bond donors (Lipinski definition) is 0. The van der Waals surface area contributed by atoms with Crippen LogP contribution < -0.4 is 0 Å². The monoisotopic (exact) mass is 368 g/mol. The van der Waals surface area contributed by atoms with E-state index in [-0.39, 0.29) is 5.78 Å². The first-order valence-corrected chi connectivity index (χ1v) is 9.70. The number of thioether (sulfide) groups is 1. The fourth-order valence-corrected chi connectivity index (χ4v) is 3.93. The molecule has 0 saturated carbocycles. The van der Waals surface area contributed by atoms with Crippen LogP contribution >= 0.6 is 11.8 Å². The van der Waals surface area contributed by atoms with Gasteiger partial charge >= 0.3 is 0 Å². The Bertz CT molecular complexity index is 955. The van der Waals surface area contributed by atoms with Crippen molar-refractivity contribution in [1.29, 1.82) is 0 Å². The van der Waals surface area contributed by atoms with E-state index in [9.17, 15) is 4.79 Å². The molecule has 6 heteroatoms. The molecule has 2 heterocycles. The summed E-state index contributed by atoms with van der Waals surface area (Å²) >= 11 is 1.45. The summed E-state index contributed by atoms with van der Waals surface area (Å²) in [5.74, 6) is 1.34. The van der Waals surface area contributed by atoms with Crippen molar-refractivity contribution in [2.45, 2.75) is 39.4 Å². The standard InChI is InChI=1S/C20H24N4OS/c1-6-24-19(16-10-8-7-9-13(16)2)21-22-20(24)26-12-18(25)17-11-14(3)23(5)15(17)4/h7-11H,6,12H2,1-5H3. The molecule has 0 N–H and O–H groups in total. The maximum absolute atomic E-state index is 12.6. The van der Waals surface area contributed by atoms with Gasteiger partial charge in [0.1, 0.15) is 0 Å². The van der Waals surface area contributed by atoms with Gasteiger partial charge in [-0.3, -0.25) is 4.79 Å². The molecular formula is C20H24N4OS. The molecule has 0 saturated heterocycles. The molecule has 1 aromatic carbocycles. The number of aromatic nitrogens is 4. The smallest absolute Gasteiger partial charge is 0.191 e. The second kappa shape index (κ2) is 7.50. The molecule has 0 spiro atoms. The lowest BCUT2D eigenvalue weighted by Crippen LogP contribution is -2.06. The summed E-state index contributed by atoms with van der Waals surface area (Å²) in [6, 6.07) is 10.1. The largest absolute Gasteiger partial charge is 0.351 e. The molecule has 0 aliphatic heterocycles. The van der Waals surface area contributed by atoms with Crippen molar-refractivity contribution in [3.63, 3.8) is 0 Å². The summed E-state index contributed by atoms with van der Waals surface area (Å²) in [6.07, 6.45) is 0. The molecule has 0 bridgehead atoms. The Balaban J connectivity index is 1.82. The van der Waals surface area contributed by atoms with Gasteiger partial charge in [0.25, 0.3) is 0 Å². The number of nitrogens with zero attached hydrogens (tertiary/aromatic N) is 4. The minimum absolute atomic E-state index is 0.124. The van der Waals surface area contributed by atoms with Gasteiger partial charge in [0, 0.05) is 36.1 Å². The van der Waals surface area contributed by atoms with Gasteiger partial charge in [-0.2, -0.15) is 0 Å². The molecule has 0 fully saturated rings. The third-order valence-electron chi connectivity index (χ3n) is 4.83. The zero-order chi connectivity index (χ0) is 18.8. The van der Waals surface area contributed by atoms with Gasteiger partial charge in [-0.25, -0.2) is 0 Å². The lowest BCUT2D eigenvalue weighted by molar-refractivity contribution is 0.102. The Kier molecular flexibility index (Phi) is 5.32. The van der Waals surface area contributed by atoms with Crippen molar-refractivity contribution in [3.8, 4) is 11.4 Å². The molecule has 5 nitrogen and oxygen atoms in total. The molecule has 0 unspecified atom stereocenters. The number of carbonyl (C=O) groups excluding carboxylic acids is 1. The molecule has 0 atom stereocenters. The number of rotatable bonds is 6. The van der Waals surface area contributed by atoms with Crippen LogP contribution in [0.15, 0.2) is 35.5 Å². The highest BCUT2D eigenvalue weighted by Crippen LogP contribution is 2.27. The highest BCUT2D eigenvalue weighted by Gasteiger charge is 2.18. The first kappa shape index (κ1) is 18.5. The van der Waals surface area contributed by atoms with Gasteiger partial charge in [-0.15, -0.1) is 10.2 Å². The van der Waals surface area contributed by atoms with Gasteiger partial charge in [-0.1, -0.05) is 36.0 Å².